The Kier molecular flexibility index (Phi) is 3.95. The van der Waals surface area contributed by atoms with E-state index in [9.17, 15) is 0 Å². The van der Waals surface area contributed by atoms with Crippen LogP contribution in [0.5, 0.6) is 11.6 Å². The van der Waals surface area contributed by atoms with Crippen LogP contribution < -0.4 is 4.74 Å². The third kappa shape index (κ3) is 2.87. The molecule has 2 rings (SSSR count). The van der Waals surface area contributed by atoms with Crippen LogP contribution in [-0.4, -0.2) is 10.1 Å². The first-order valence-electron chi connectivity index (χ1n) is 6.06. The molecule has 1 aromatic heterocycles. The lowest BCUT2D eigenvalue weighted by atomic mass is 10.2. The molecule has 1 aromatic carbocycles. The van der Waals surface area contributed by atoms with Gasteiger partial charge in [-0.2, -0.15) is 0 Å². The topological polar surface area (TPSA) is 42.4 Å². The largest absolute Gasteiger partial charge is 0.439 e. The summed E-state index contributed by atoms with van der Waals surface area (Å²) >= 11 is 0. The maximum atomic E-state index is 9.02. The fourth-order valence-electron chi connectivity index (χ4n) is 1.72. The lowest BCUT2D eigenvalue weighted by Gasteiger charge is -2.08. The van der Waals surface area contributed by atoms with Gasteiger partial charge < -0.3 is 9.84 Å². The number of ether oxygens (including phenoxy) is 1. The number of aliphatic hydroxyl groups excluding tert-OH is 1. The van der Waals surface area contributed by atoms with Gasteiger partial charge >= 0.3 is 0 Å². The molecule has 0 amide bonds. The van der Waals surface area contributed by atoms with Gasteiger partial charge in [0, 0.05) is 11.8 Å². The Hall–Kier alpha value is -1.87. The van der Waals surface area contributed by atoms with E-state index in [1.165, 1.54) is 5.56 Å². The van der Waals surface area contributed by atoms with E-state index < -0.39 is 0 Å². The van der Waals surface area contributed by atoms with Crippen molar-refractivity contribution in [3.05, 3.63) is 53.2 Å². The van der Waals surface area contributed by atoms with Gasteiger partial charge in [-0.15, -0.1) is 0 Å². The summed E-state index contributed by atoms with van der Waals surface area (Å²) in [4.78, 5) is 4.20. The second-order valence-corrected chi connectivity index (χ2v) is 4.22. The van der Waals surface area contributed by atoms with Gasteiger partial charge in [0.05, 0.1) is 6.61 Å². The summed E-state index contributed by atoms with van der Waals surface area (Å²) in [5.74, 6) is 1.36. The van der Waals surface area contributed by atoms with Gasteiger partial charge in [-0.25, -0.2) is 4.98 Å². The predicted molar refractivity (Wildman–Crippen MR) is 70.8 cm³/mol. The van der Waals surface area contributed by atoms with E-state index >= 15 is 0 Å². The molecule has 0 saturated carbocycles. The van der Waals surface area contributed by atoms with E-state index in [0.717, 1.165) is 23.3 Å². The van der Waals surface area contributed by atoms with Gasteiger partial charge in [-0.3, -0.25) is 0 Å². The van der Waals surface area contributed by atoms with Crippen molar-refractivity contribution in [3.8, 4) is 11.6 Å². The molecule has 0 aliphatic rings. The molecule has 94 valence electrons. The molecule has 0 radical (unpaired) electrons. The second kappa shape index (κ2) is 5.65. The average Bonchev–Trinajstić information content (AvgIpc) is 2.42. The zero-order chi connectivity index (χ0) is 13.0. The highest BCUT2D eigenvalue weighted by Gasteiger charge is 2.04. The van der Waals surface area contributed by atoms with Crippen molar-refractivity contribution in [3.63, 3.8) is 0 Å². The Bertz CT molecular complexity index is 521. The number of hydrogen-bond donors (Lipinski definition) is 1. The quantitative estimate of drug-likeness (QED) is 0.896. The zero-order valence-electron chi connectivity index (χ0n) is 10.7. The highest BCUT2D eigenvalue weighted by molar-refractivity contribution is 5.34. The number of aryl methyl sites for hydroxylation is 2. The average molecular weight is 243 g/mol. The minimum Gasteiger partial charge on any atom is -0.439 e. The maximum Gasteiger partial charge on any atom is 0.222 e. The second-order valence-electron chi connectivity index (χ2n) is 4.22. The van der Waals surface area contributed by atoms with Crippen molar-refractivity contribution < 1.29 is 9.84 Å². The molecule has 0 spiro atoms. The summed E-state index contributed by atoms with van der Waals surface area (Å²) in [6, 6.07) is 9.86. The smallest absolute Gasteiger partial charge is 0.222 e. The lowest BCUT2D eigenvalue weighted by molar-refractivity contribution is 0.281. The van der Waals surface area contributed by atoms with E-state index in [1.807, 2.05) is 37.3 Å². The Labute approximate surface area is 107 Å². The zero-order valence-corrected chi connectivity index (χ0v) is 10.7. The van der Waals surface area contributed by atoms with Crippen LogP contribution in [0.4, 0.5) is 0 Å². The van der Waals surface area contributed by atoms with E-state index in [2.05, 4.69) is 11.9 Å². The van der Waals surface area contributed by atoms with E-state index in [-0.39, 0.29) is 6.61 Å². The highest BCUT2D eigenvalue weighted by atomic mass is 16.5. The van der Waals surface area contributed by atoms with Crippen molar-refractivity contribution in [2.75, 3.05) is 0 Å². The van der Waals surface area contributed by atoms with Gasteiger partial charge in [0.1, 0.15) is 5.75 Å². The van der Waals surface area contributed by atoms with E-state index in [0.29, 0.717) is 5.88 Å². The van der Waals surface area contributed by atoms with Gasteiger partial charge in [0.25, 0.3) is 0 Å². The van der Waals surface area contributed by atoms with E-state index in [1.54, 1.807) is 6.20 Å². The fraction of sp³-hybridized carbons (Fsp3) is 0.267. The normalized spacial score (nSPS) is 10.4. The number of aromatic nitrogens is 1. The molecule has 18 heavy (non-hydrogen) atoms. The van der Waals surface area contributed by atoms with Gasteiger partial charge in [-0.1, -0.05) is 19.1 Å². The van der Waals surface area contributed by atoms with Gasteiger partial charge in [0.15, 0.2) is 0 Å². The van der Waals surface area contributed by atoms with Crippen molar-refractivity contribution >= 4 is 0 Å². The Balaban J connectivity index is 2.17. The highest BCUT2D eigenvalue weighted by Crippen LogP contribution is 2.23. The molecule has 0 unspecified atom stereocenters. The molecule has 3 heteroatoms. The Morgan fingerprint density at radius 1 is 1.17 bits per heavy atom. The molecular formula is C15H17NO2. The van der Waals surface area contributed by atoms with Gasteiger partial charge in [0.2, 0.25) is 5.88 Å². The standard InChI is InChI=1S/C15H17NO2/c1-3-12-4-6-14(7-5-12)18-15-11(2)8-13(10-17)9-16-15/h4-9,17H,3,10H2,1-2H3. The van der Waals surface area contributed by atoms with Crippen LogP contribution in [0.1, 0.15) is 23.6 Å². The Morgan fingerprint density at radius 2 is 1.89 bits per heavy atom. The summed E-state index contributed by atoms with van der Waals surface area (Å²) in [6.07, 6.45) is 2.64. The number of pyridine rings is 1. The van der Waals surface area contributed by atoms with Crippen molar-refractivity contribution in [1.82, 2.24) is 4.98 Å². The third-order valence-corrected chi connectivity index (χ3v) is 2.82. The SMILES string of the molecule is CCc1ccc(Oc2ncc(CO)cc2C)cc1. The molecule has 0 saturated heterocycles. The van der Waals surface area contributed by atoms with Crippen LogP contribution in [0.25, 0.3) is 0 Å². The lowest BCUT2D eigenvalue weighted by Crippen LogP contribution is -1.94. The summed E-state index contributed by atoms with van der Waals surface area (Å²) in [5.41, 5.74) is 2.99. The summed E-state index contributed by atoms with van der Waals surface area (Å²) in [7, 11) is 0. The van der Waals surface area contributed by atoms with Crippen LogP contribution in [-0.2, 0) is 13.0 Å². The molecule has 0 aliphatic heterocycles. The van der Waals surface area contributed by atoms with Crippen LogP contribution in [0.2, 0.25) is 0 Å². The first-order valence-corrected chi connectivity index (χ1v) is 6.06. The first-order chi connectivity index (χ1) is 8.72. The summed E-state index contributed by atoms with van der Waals surface area (Å²) in [5, 5.41) is 9.02. The molecule has 1 N–H and O–H groups in total. The van der Waals surface area contributed by atoms with Crippen molar-refractivity contribution in [2.24, 2.45) is 0 Å². The van der Waals surface area contributed by atoms with Crippen LogP contribution in [0.15, 0.2) is 36.5 Å². The molecule has 0 fully saturated rings. The van der Waals surface area contributed by atoms with Crippen LogP contribution in [0.3, 0.4) is 0 Å². The molecule has 3 nitrogen and oxygen atoms in total. The number of benzene rings is 1. The minimum absolute atomic E-state index is 0.000678. The first kappa shape index (κ1) is 12.6. The number of nitrogens with zero attached hydrogens (tertiary/aromatic N) is 1. The minimum atomic E-state index is -0.000678. The van der Waals surface area contributed by atoms with Crippen LogP contribution >= 0.6 is 0 Å². The molecule has 0 bridgehead atoms. The number of hydrogen-bond acceptors (Lipinski definition) is 3. The molecule has 1 heterocycles. The van der Waals surface area contributed by atoms with Gasteiger partial charge in [-0.05, 0) is 42.7 Å². The molecule has 0 atom stereocenters. The van der Waals surface area contributed by atoms with Crippen molar-refractivity contribution in [1.29, 1.82) is 0 Å². The molecule has 2 aromatic rings. The maximum absolute atomic E-state index is 9.02. The monoisotopic (exact) mass is 243 g/mol. The van der Waals surface area contributed by atoms with Crippen molar-refractivity contribution in [2.45, 2.75) is 26.9 Å². The van der Waals surface area contributed by atoms with Crippen LogP contribution in [0, 0.1) is 6.92 Å². The Morgan fingerprint density at radius 3 is 2.44 bits per heavy atom. The third-order valence-electron chi connectivity index (χ3n) is 2.82. The molecule has 0 aliphatic carbocycles. The predicted octanol–water partition coefficient (Wildman–Crippen LogP) is 3.24. The summed E-state index contributed by atoms with van der Waals surface area (Å²) in [6.45, 7) is 4.04. The number of aliphatic hydroxyl groups is 1. The fourth-order valence-corrected chi connectivity index (χ4v) is 1.72. The summed E-state index contributed by atoms with van der Waals surface area (Å²) < 4.78 is 5.72. The molecular weight excluding hydrogens is 226 g/mol. The van der Waals surface area contributed by atoms with E-state index in [4.69, 9.17) is 9.84 Å². The number of rotatable bonds is 4.